The van der Waals surface area contributed by atoms with Gasteiger partial charge in [0.15, 0.2) is 0 Å². The van der Waals surface area contributed by atoms with Crippen LogP contribution in [0.1, 0.15) is 5.56 Å². The summed E-state index contributed by atoms with van der Waals surface area (Å²) in [7, 11) is 0.238. The molecule has 9 heteroatoms. The Bertz CT molecular complexity index is 960. The third kappa shape index (κ3) is 4.75. The number of methoxy groups -OCH3 is 2. The molecule has 27 heavy (non-hydrogen) atoms. The standard InChI is InChI=1S/C18H19N3O5S/c1-21(27(23,24)17-7-5-4-6-13(17)11-19)12-18(22)20-14-8-15(25-2)10-16(9-14)26-3/h4-10H,12H2,1-3H3,(H,20,22). The van der Waals surface area contributed by atoms with E-state index in [1.165, 1.54) is 39.5 Å². The number of benzene rings is 2. The molecule has 0 radical (unpaired) electrons. The number of nitriles is 1. The van der Waals surface area contributed by atoms with Gasteiger partial charge in [-0.1, -0.05) is 12.1 Å². The summed E-state index contributed by atoms with van der Waals surface area (Å²) < 4.78 is 36.5. The lowest BCUT2D eigenvalue weighted by atomic mass is 10.2. The summed E-state index contributed by atoms with van der Waals surface area (Å²) in [6.07, 6.45) is 0. The quantitative estimate of drug-likeness (QED) is 0.774. The van der Waals surface area contributed by atoms with E-state index in [9.17, 15) is 13.2 Å². The Kier molecular flexibility index (Phi) is 6.39. The molecule has 0 unspecified atom stereocenters. The highest BCUT2D eigenvalue weighted by Crippen LogP contribution is 2.26. The number of hydrogen-bond donors (Lipinski definition) is 1. The molecular weight excluding hydrogens is 370 g/mol. The maximum atomic E-state index is 12.7. The molecule has 0 aliphatic carbocycles. The van der Waals surface area contributed by atoms with E-state index in [2.05, 4.69) is 5.32 Å². The summed E-state index contributed by atoms with van der Waals surface area (Å²) in [6.45, 7) is -0.429. The van der Waals surface area contributed by atoms with Crippen LogP contribution in [-0.2, 0) is 14.8 Å². The number of ether oxygens (including phenoxy) is 2. The Balaban J connectivity index is 2.17. The Hall–Kier alpha value is -3.09. The molecule has 0 saturated carbocycles. The average Bonchev–Trinajstić information content (AvgIpc) is 2.67. The van der Waals surface area contributed by atoms with E-state index >= 15 is 0 Å². The summed E-state index contributed by atoms with van der Waals surface area (Å²) in [6, 6.07) is 12.5. The van der Waals surface area contributed by atoms with Crippen LogP contribution >= 0.6 is 0 Å². The van der Waals surface area contributed by atoms with Crippen molar-refractivity contribution < 1.29 is 22.7 Å². The number of anilines is 1. The van der Waals surface area contributed by atoms with Crippen LogP contribution in [0.3, 0.4) is 0 Å². The third-order valence-corrected chi connectivity index (χ3v) is 5.56. The molecule has 142 valence electrons. The number of amides is 1. The largest absolute Gasteiger partial charge is 0.497 e. The highest BCUT2D eigenvalue weighted by molar-refractivity contribution is 7.89. The number of nitrogens with zero attached hydrogens (tertiary/aromatic N) is 2. The fourth-order valence-electron chi connectivity index (χ4n) is 2.32. The second kappa shape index (κ2) is 8.53. The van der Waals surface area contributed by atoms with E-state index in [-0.39, 0.29) is 10.5 Å². The maximum absolute atomic E-state index is 12.7. The maximum Gasteiger partial charge on any atom is 0.244 e. The van der Waals surface area contributed by atoms with Crippen LogP contribution in [0.4, 0.5) is 5.69 Å². The van der Waals surface area contributed by atoms with E-state index in [1.807, 2.05) is 6.07 Å². The SMILES string of the molecule is COc1cc(NC(=O)CN(C)S(=O)(=O)c2ccccc2C#N)cc(OC)c1. The number of rotatable bonds is 7. The van der Waals surface area contributed by atoms with Crippen LogP contribution in [0.15, 0.2) is 47.4 Å². The van der Waals surface area contributed by atoms with Crippen molar-refractivity contribution in [3.63, 3.8) is 0 Å². The predicted molar refractivity (Wildman–Crippen MR) is 99.1 cm³/mol. The highest BCUT2D eigenvalue weighted by Gasteiger charge is 2.25. The van der Waals surface area contributed by atoms with Crippen molar-refractivity contribution >= 4 is 21.6 Å². The summed E-state index contributed by atoms with van der Waals surface area (Å²) in [5.41, 5.74) is 0.418. The number of carbonyl (C=O) groups excluding carboxylic acids is 1. The molecular formula is C18H19N3O5S. The predicted octanol–water partition coefficient (Wildman–Crippen LogP) is 1.83. The topological polar surface area (TPSA) is 109 Å². The van der Waals surface area contributed by atoms with Gasteiger partial charge in [0.05, 0.1) is 31.2 Å². The first-order chi connectivity index (χ1) is 12.8. The molecule has 0 aliphatic heterocycles. The molecule has 0 fully saturated rings. The van der Waals surface area contributed by atoms with Crippen molar-refractivity contribution in [2.24, 2.45) is 0 Å². The first-order valence-electron chi connectivity index (χ1n) is 7.80. The molecule has 1 amide bonds. The lowest BCUT2D eigenvalue weighted by molar-refractivity contribution is -0.116. The molecule has 2 aromatic carbocycles. The lowest BCUT2D eigenvalue weighted by Gasteiger charge is -2.18. The molecule has 0 atom stereocenters. The molecule has 0 aromatic heterocycles. The Morgan fingerprint density at radius 2 is 1.74 bits per heavy atom. The molecule has 0 aliphatic rings. The Morgan fingerprint density at radius 3 is 2.30 bits per heavy atom. The summed E-state index contributed by atoms with van der Waals surface area (Å²) in [4.78, 5) is 12.1. The number of hydrogen-bond acceptors (Lipinski definition) is 6. The monoisotopic (exact) mass is 389 g/mol. The van der Waals surface area contributed by atoms with Crippen LogP contribution in [0.5, 0.6) is 11.5 Å². The lowest BCUT2D eigenvalue weighted by Crippen LogP contribution is -2.35. The van der Waals surface area contributed by atoms with Gasteiger partial charge in [-0.25, -0.2) is 8.42 Å². The molecule has 1 N–H and O–H groups in total. The van der Waals surface area contributed by atoms with E-state index in [0.29, 0.717) is 17.2 Å². The second-order valence-corrected chi connectivity index (χ2v) is 7.53. The average molecular weight is 389 g/mol. The molecule has 0 spiro atoms. The van der Waals surface area contributed by atoms with Crippen LogP contribution in [-0.4, -0.2) is 46.4 Å². The van der Waals surface area contributed by atoms with Crippen molar-refractivity contribution in [3.05, 3.63) is 48.0 Å². The van der Waals surface area contributed by atoms with Crippen LogP contribution in [0, 0.1) is 11.3 Å². The summed E-state index contributed by atoms with van der Waals surface area (Å²) in [5.74, 6) is 0.410. The zero-order valence-electron chi connectivity index (χ0n) is 15.1. The normalized spacial score (nSPS) is 10.9. The fraction of sp³-hybridized carbons (Fsp3) is 0.222. The fourth-order valence-corrected chi connectivity index (χ4v) is 3.58. The van der Waals surface area contributed by atoms with Crippen molar-refractivity contribution in [2.75, 3.05) is 33.1 Å². The zero-order chi connectivity index (χ0) is 20.0. The van der Waals surface area contributed by atoms with Crippen LogP contribution in [0.25, 0.3) is 0 Å². The number of carbonyl (C=O) groups is 1. The van der Waals surface area contributed by atoms with E-state index in [1.54, 1.807) is 24.3 Å². The minimum atomic E-state index is -3.99. The smallest absolute Gasteiger partial charge is 0.244 e. The van der Waals surface area contributed by atoms with E-state index < -0.39 is 22.5 Å². The molecule has 8 nitrogen and oxygen atoms in total. The summed E-state index contributed by atoms with van der Waals surface area (Å²) >= 11 is 0. The van der Waals surface area contributed by atoms with Gasteiger partial charge in [0, 0.05) is 30.9 Å². The molecule has 0 bridgehead atoms. The van der Waals surface area contributed by atoms with Crippen molar-refractivity contribution in [1.82, 2.24) is 4.31 Å². The van der Waals surface area contributed by atoms with Crippen LogP contribution in [0.2, 0.25) is 0 Å². The molecule has 0 saturated heterocycles. The van der Waals surface area contributed by atoms with E-state index in [0.717, 1.165) is 4.31 Å². The highest BCUT2D eigenvalue weighted by atomic mass is 32.2. The number of nitrogens with one attached hydrogen (secondary N) is 1. The van der Waals surface area contributed by atoms with Gasteiger partial charge in [-0.3, -0.25) is 4.79 Å². The van der Waals surface area contributed by atoms with Crippen LogP contribution < -0.4 is 14.8 Å². The zero-order valence-corrected chi connectivity index (χ0v) is 15.9. The Labute approximate surface area is 158 Å². The number of sulfonamides is 1. The van der Waals surface area contributed by atoms with Gasteiger partial charge >= 0.3 is 0 Å². The van der Waals surface area contributed by atoms with Gasteiger partial charge in [0.2, 0.25) is 15.9 Å². The van der Waals surface area contributed by atoms with Gasteiger partial charge in [-0.2, -0.15) is 9.57 Å². The van der Waals surface area contributed by atoms with Gasteiger partial charge in [0.25, 0.3) is 0 Å². The Morgan fingerprint density at radius 1 is 1.15 bits per heavy atom. The minimum absolute atomic E-state index is 0.0160. The first kappa shape index (κ1) is 20.2. The van der Waals surface area contributed by atoms with Crippen molar-refractivity contribution in [2.45, 2.75) is 4.90 Å². The second-order valence-electron chi connectivity index (χ2n) is 5.52. The van der Waals surface area contributed by atoms with Gasteiger partial charge in [-0.15, -0.1) is 0 Å². The van der Waals surface area contributed by atoms with Crippen molar-refractivity contribution in [1.29, 1.82) is 5.26 Å². The van der Waals surface area contributed by atoms with Gasteiger partial charge < -0.3 is 14.8 Å². The third-order valence-electron chi connectivity index (χ3n) is 3.70. The van der Waals surface area contributed by atoms with Gasteiger partial charge in [0.1, 0.15) is 17.6 Å². The number of likely N-dealkylation sites (N-methyl/N-ethyl adjacent to an activating group) is 1. The molecule has 2 rings (SSSR count). The molecule has 2 aromatic rings. The van der Waals surface area contributed by atoms with E-state index in [4.69, 9.17) is 14.7 Å². The minimum Gasteiger partial charge on any atom is -0.497 e. The van der Waals surface area contributed by atoms with Crippen molar-refractivity contribution in [3.8, 4) is 17.6 Å². The molecule has 0 heterocycles. The van der Waals surface area contributed by atoms with Gasteiger partial charge in [-0.05, 0) is 12.1 Å². The first-order valence-corrected chi connectivity index (χ1v) is 9.24. The summed E-state index contributed by atoms with van der Waals surface area (Å²) in [5, 5.41) is 11.7.